The average molecular weight is 407 g/mol. The predicted molar refractivity (Wildman–Crippen MR) is 110 cm³/mol. The minimum atomic E-state index is -0.757. The molecule has 0 unspecified atom stereocenters. The van der Waals surface area contributed by atoms with E-state index in [9.17, 15) is 14.0 Å². The number of methoxy groups -OCH3 is 1. The normalized spacial score (nSPS) is 15.7. The first-order valence-corrected chi connectivity index (χ1v) is 9.79. The third kappa shape index (κ3) is 5.90. The fraction of sp³-hybridized carbons (Fsp3) is 0.550. The summed E-state index contributed by atoms with van der Waals surface area (Å²) in [6.07, 6.45) is 6.21. The molecule has 1 aromatic heterocycles. The van der Waals surface area contributed by atoms with Crippen molar-refractivity contribution in [3.63, 3.8) is 0 Å². The Morgan fingerprint density at radius 1 is 1.14 bits per heavy atom. The molecule has 2 heterocycles. The maximum absolute atomic E-state index is 12.5. The summed E-state index contributed by atoms with van der Waals surface area (Å²) in [6.45, 7) is 11.6. The van der Waals surface area contributed by atoms with Gasteiger partial charge in [-0.15, -0.1) is 0 Å². The molecular formula is C20H30FN5O3. The predicted octanol–water partition coefficient (Wildman–Crippen LogP) is 1.00. The Balaban J connectivity index is 1.81. The van der Waals surface area contributed by atoms with E-state index in [0.717, 1.165) is 67.8 Å². The maximum atomic E-state index is 12.5. The van der Waals surface area contributed by atoms with Crippen LogP contribution in [0.3, 0.4) is 0 Å². The summed E-state index contributed by atoms with van der Waals surface area (Å²) in [4.78, 5) is 28.4. The number of allylic oxidation sites excluding steroid dienone is 2. The number of ether oxygens (including phenoxy) is 1. The number of nitrogens with zero attached hydrogens (tertiary/aromatic N) is 5. The van der Waals surface area contributed by atoms with Crippen LogP contribution in [0.4, 0.5) is 4.39 Å². The molecule has 0 bridgehead atoms. The molecule has 1 aromatic rings. The van der Waals surface area contributed by atoms with Crippen LogP contribution < -0.4 is 11.2 Å². The molecule has 0 saturated carbocycles. The van der Waals surface area contributed by atoms with Crippen LogP contribution in [0.25, 0.3) is 0 Å². The zero-order valence-electron chi connectivity index (χ0n) is 17.1. The van der Waals surface area contributed by atoms with E-state index in [1.807, 2.05) is 0 Å². The van der Waals surface area contributed by atoms with Crippen LogP contribution in [0.15, 0.2) is 52.6 Å². The van der Waals surface area contributed by atoms with Crippen molar-refractivity contribution in [3.8, 4) is 0 Å². The highest BCUT2D eigenvalue weighted by Crippen LogP contribution is 2.16. The Kier molecular flexibility index (Phi) is 8.85. The number of alkyl halides is 1. The van der Waals surface area contributed by atoms with Crippen LogP contribution in [0.1, 0.15) is 12.8 Å². The Morgan fingerprint density at radius 2 is 1.83 bits per heavy atom. The molecular weight excluding hydrogens is 377 g/mol. The summed E-state index contributed by atoms with van der Waals surface area (Å²) in [7, 11) is 1.63. The van der Waals surface area contributed by atoms with Gasteiger partial charge in [0.05, 0.1) is 19.4 Å². The third-order valence-electron chi connectivity index (χ3n) is 4.99. The number of aryl methyl sites for hydroxylation is 1. The van der Waals surface area contributed by atoms with Crippen LogP contribution in [0.2, 0.25) is 0 Å². The summed E-state index contributed by atoms with van der Waals surface area (Å²) in [5.74, 6) is 0.723. The lowest BCUT2D eigenvalue weighted by molar-refractivity contribution is 0.152. The molecule has 160 valence electrons. The van der Waals surface area contributed by atoms with E-state index in [1.54, 1.807) is 19.3 Å². The number of unbranched alkanes of at least 4 members (excludes halogenated alkanes) is 1. The summed E-state index contributed by atoms with van der Waals surface area (Å²) in [5.41, 5.74) is -0.164. The van der Waals surface area contributed by atoms with Crippen molar-refractivity contribution in [2.24, 2.45) is 0 Å². The Hall–Kier alpha value is -2.68. The van der Waals surface area contributed by atoms with E-state index >= 15 is 0 Å². The Morgan fingerprint density at radius 3 is 2.41 bits per heavy atom. The van der Waals surface area contributed by atoms with E-state index in [-0.39, 0.29) is 6.54 Å². The van der Waals surface area contributed by atoms with Gasteiger partial charge in [0.25, 0.3) is 5.56 Å². The quantitative estimate of drug-likeness (QED) is 0.310. The van der Waals surface area contributed by atoms with Crippen molar-refractivity contribution < 1.29 is 9.13 Å². The van der Waals surface area contributed by atoms with Gasteiger partial charge in [-0.3, -0.25) is 14.3 Å². The van der Waals surface area contributed by atoms with E-state index in [1.165, 1.54) is 4.68 Å². The van der Waals surface area contributed by atoms with Gasteiger partial charge in [-0.25, -0.2) is 13.9 Å². The fourth-order valence-electron chi connectivity index (χ4n) is 3.40. The van der Waals surface area contributed by atoms with Gasteiger partial charge >= 0.3 is 5.69 Å². The van der Waals surface area contributed by atoms with Crippen LogP contribution >= 0.6 is 0 Å². The fourth-order valence-corrected chi connectivity index (χ4v) is 3.40. The van der Waals surface area contributed by atoms with Crippen molar-refractivity contribution in [2.75, 3.05) is 46.5 Å². The summed E-state index contributed by atoms with van der Waals surface area (Å²) >= 11 is 0. The first kappa shape index (κ1) is 22.6. The van der Waals surface area contributed by atoms with Gasteiger partial charge < -0.3 is 9.64 Å². The van der Waals surface area contributed by atoms with Gasteiger partial charge in [-0.2, -0.15) is 5.10 Å². The molecule has 1 fully saturated rings. The lowest BCUT2D eigenvalue weighted by Crippen LogP contribution is -2.46. The average Bonchev–Trinajstić information content (AvgIpc) is 2.74. The third-order valence-corrected chi connectivity index (χ3v) is 4.99. The molecule has 9 heteroatoms. The zero-order chi connectivity index (χ0) is 21.2. The lowest BCUT2D eigenvalue weighted by Gasteiger charge is -2.37. The minimum absolute atomic E-state index is 0.234. The van der Waals surface area contributed by atoms with Crippen LogP contribution in [-0.4, -0.2) is 70.7 Å². The van der Waals surface area contributed by atoms with Gasteiger partial charge in [-0.05, 0) is 31.5 Å². The van der Waals surface area contributed by atoms with Gasteiger partial charge in [0.15, 0.2) is 0 Å². The van der Waals surface area contributed by atoms with Gasteiger partial charge in [0.2, 0.25) is 0 Å². The van der Waals surface area contributed by atoms with E-state index in [0.29, 0.717) is 6.54 Å². The summed E-state index contributed by atoms with van der Waals surface area (Å²) < 4.78 is 20.0. The Bertz CT molecular complexity index is 837. The van der Waals surface area contributed by atoms with Crippen LogP contribution in [-0.2, 0) is 17.8 Å². The van der Waals surface area contributed by atoms with Crippen molar-refractivity contribution in [1.29, 1.82) is 0 Å². The molecule has 29 heavy (non-hydrogen) atoms. The summed E-state index contributed by atoms with van der Waals surface area (Å²) in [6, 6.07) is 0. The first-order valence-electron chi connectivity index (χ1n) is 9.79. The van der Waals surface area contributed by atoms with Gasteiger partial charge in [0, 0.05) is 32.7 Å². The molecule has 1 saturated heterocycles. The monoisotopic (exact) mass is 407 g/mol. The second kappa shape index (κ2) is 11.4. The largest absolute Gasteiger partial charge is 0.495 e. The second-order valence-corrected chi connectivity index (χ2v) is 6.73. The smallest absolute Gasteiger partial charge is 0.347 e. The number of hydrogen-bond acceptors (Lipinski definition) is 6. The van der Waals surface area contributed by atoms with Gasteiger partial charge in [-0.1, -0.05) is 13.2 Å². The summed E-state index contributed by atoms with van der Waals surface area (Å²) in [5, 5.41) is 3.87. The SMILES string of the molecule is C=C/C(OC)=C(\C=C)N1CCN(CCCCn2ncc(=O)n(CCF)c2=O)CC1. The number of hydrogen-bond donors (Lipinski definition) is 0. The maximum Gasteiger partial charge on any atom is 0.347 e. The van der Waals surface area contributed by atoms with Crippen molar-refractivity contribution >= 4 is 0 Å². The van der Waals surface area contributed by atoms with Crippen molar-refractivity contribution in [1.82, 2.24) is 24.1 Å². The molecule has 1 aliphatic rings. The molecule has 0 spiro atoms. The number of halogens is 1. The van der Waals surface area contributed by atoms with E-state index in [4.69, 9.17) is 4.74 Å². The first-order chi connectivity index (χ1) is 14.0. The molecule has 0 radical (unpaired) electrons. The van der Waals surface area contributed by atoms with E-state index in [2.05, 4.69) is 28.1 Å². The molecule has 0 aromatic carbocycles. The highest BCUT2D eigenvalue weighted by atomic mass is 19.1. The van der Waals surface area contributed by atoms with Crippen molar-refractivity contribution in [2.45, 2.75) is 25.9 Å². The molecule has 0 amide bonds. The molecule has 0 aliphatic carbocycles. The topological polar surface area (TPSA) is 72.6 Å². The zero-order valence-corrected chi connectivity index (χ0v) is 17.1. The van der Waals surface area contributed by atoms with Crippen LogP contribution in [0.5, 0.6) is 0 Å². The highest BCUT2D eigenvalue weighted by molar-refractivity contribution is 5.26. The number of aromatic nitrogens is 3. The van der Waals surface area contributed by atoms with E-state index < -0.39 is 17.9 Å². The number of rotatable bonds is 11. The number of piperazine rings is 1. The standard InChI is InChI=1S/C20H30FN5O3/c1-4-17(18(5-2)29-3)24-14-12-23(13-15-24)9-6-7-10-26-20(28)25(11-8-21)19(27)16-22-26/h4-5,16H,1-2,6-15H2,3H3/b18-17-. The molecule has 1 aliphatic heterocycles. The van der Waals surface area contributed by atoms with Crippen molar-refractivity contribution in [3.05, 3.63) is 63.8 Å². The Labute approximate surface area is 170 Å². The molecule has 2 rings (SSSR count). The lowest BCUT2D eigenvalue weighted by atomic mass is 10.2. The van der Waals surface area contributed by atoms with Crippen LogP contribution in [0, 0.1) is 0 Å². The second-order valence-electron chi connectivity index (χ2n) is 6.73. The van der Waals surface area contributed by atoms with Gasteiger partial charge in [0.1, 0.15) is 18.6 Å². The molecule has 0 N–H and O–H groups in total. The molecule has 0 atom stereocenters. The highest BCUT2D eigenvalue weighted by Gasteiger charge is 2.19. The molecule has 8 nitrogen and oxygen atoms in total. The minimum Gasteiger partial charge on any atom is -0.495 e.